The minimum absolute atomic E-state index is 1.01. The molecule has 0 amide bonds. The monoisotopic (exact) mass is 188 g/mol. The van der Waals surface area contributed by atoms with E-state index in [1.807, 2.05) is 6.20 Å². The molecule has 0 bridgehead atoms. The number of H-pyrrole nitrogens is 1. The van der Waals surface area contributed by atoms with Gasteiger partial charge in [0.2, 0.25) is 0 Å². The van der Waals surface area contributed by atoms with Gasteiger partial charge in [0.1, 0.15) is 11.5 Å². The van der Waals surface area contributed by atoms with E-state index in [1.165, 1.54) is 18.7 Å². The summed E-state index contributed by atoms with van der Waals surface area (Å²) in [6.45, 7) is 1.11. The Bertz CT molecular complexity index is 403. The Hall–Kier alpha value is -1.58. The minimum atomic E-state index is 1.01. The van der Waals surface area contributed by atoms with Gasteiger partial charge in [0.15, 0.2) is 0 Å². The lowest BCUT2D eigenvalue weighted by atomic mass is 10.2. The minimum Gasteiger partial charge on any atom is -0.343 e. The first-order valence-corrected chi connectivity index (χ1v) is 4.98. The summed E-state index contributed by atoms with van der Waals surface area (Å²) in [5.74, 6) is 1.21. The number of aryl methyl sites for hydroxylation is 2. The molecule has 0 atom stereocenters. The number of hydrogen-bond acceptors (Lipinski definition) is 2. The summed E-state index contributed by atoms with van der Waals surface area (Å²) < 4.78 is 2.25. The second kappa shape index (κ2) is 2.97. The van der Waals surface area contributed by atoms with Crippen LogP contribution in [0.3, 0.4) is 0 Å². The molecule has 3 heterocycles. The van der Waals surface area contributed by atoms with Crippen molar-refractivity contribution in [1.82, 2.24) is 19.5 Å². The largest absolute Gasteiger partial charge is 0.343 e. The van der Waals surface area contributed by atoms with Crippen molar-refractivity contribution in [2.75, 3.05) is 0 Å². The van der Waals surface area contributed by atoms with E-state index in [2.05, 4.69) is 25.7 Å². The molecular weight excluding hydrogens is 176 g/mol. The molecule has 2 aromatic rings. The van der Waals surface area contributed by atoms with Gasteiger partial charge in [0, 0.05) is 19.2 Å². The van der Waals surface area contributed by atoms with Crippen LogP contribution in [0.4, 0.5) is 0 Å². The Morgan fingerprint density at radius 3 is 3.14 bits per heavy atom. The molecule has 14 heavy (non-hydrogen) atoms. The molecule has 0 aliphatic carbocycles. The van der Waals surface area contributed by atoms with Gasteiger partial charge in [0.05, 0.1) is 18.2 Å². The third-order valence-corrected chi connectivity index (χ3v) is 2.68. The predicted octanol–water partition coefficient (Wildman–Crippen LogP) is 1.61. The van der Waals surface area contributed by atoms with Crippen LogP contribution in [0.25, 0.3) is 11.4 Å². The molecule has 0 radical (unpaired) electrons. The molecule has 4 heteroatoms. The lowest BCUT2D eigenvalue weighted by Gasteiger charge is -2.11. The molecule has 3 rings (SSSR count). The SMILES string of the molecule is c1ncc(-c2cn3c(n2)CCCC3)[nH]1. The van der Waals surface area contributed by atoms with Gasteiger partial charge in [-0.15, -0.1) is 0 Å². The molecule has 0 unspecified atom stereocenters. The molecule has 4 nitrogen and oxygen atoms in total. The second-order valence-corrected chi connectivity index (χ2v) is 3.66. The predicted molar refractivity (Wildman–Crippen MR) is 52.7 cm³/mol. The molecule has 0 saturated carbocycles. The van der Waals surface area contributed by atoms with Crippen molar-refractivity contribution in [2.45, 2.75) is 25.8 Å². The van der Waals surface area contributed by atoms with Crippen LogP contribution < -0.4 is 0 Å². The Labute approximate surface area is 82.0 Å². The summed E-state index contributed by atoms with van der Waals surface area (Å²) in [6.07, 6.45) is 9.25. The first kappa shape index (κ1) is 7.79. The highest BCUT2D eigenvalue weighted by Gasteiger charge is 2.13. The van der Waals surface area contributed by atoms with Crippen LogP contribution in [0.15, 0.2) is 18.7 Å². The van der Waals surface area contributed by atoms with Crippen LogP contribution in [-0.2, 0) is 13.0 Å². The first-order valence-electron chi connectivity index (χ1n) is 4.98. The Morgan fingerprint density at radius 1 is 1.36 bits per heavy atom. The van der Waals surface area contributed by atoms with Crippen molar-refractivity contribution in [3.8, 4) is 11.4 Å². The average molecular weight is 188 g/mol. The molecule has 2 aromatic heterocycles. The van der Waals surface area contributed by atoms with Gasteiger partial charge in [-0.3, -0.25) is 0 Å². The standard InChI is InChI=1S/C10H12N4/c1-2-4-14-6-9(13-10(14)3-1)8-5-11-7-12-8/h5-7H,1-4H2,(H,11,12). The number of fused-ring (bicyclic) bond motifs is 1. The number of nitrogens with zero attached hydrogens (tertiary/aromatic N) is 3. The van der Waals surface area contributed by atoms with Crippen molar-refractivity contribution >= 4 is 0 Å². The van der Waals surface area contributed by atoms with Crippen LogP contribution in [0.1, 0.15) is 18.7 Å². The molecule has 1 N–H and O–H groups in total. The molecule has 0 saturated heterocycles. The van der Waals surface area contributed by atoms with Gasteiger partial charge in [-0.2, -0.15) is 0 Å². The van der Waals surface area contributed by atoms with Gasteiger partial charge in [-0.05, 0) is 12.8 Å². The normalized spacial score (nSPS) is 15.4. The zero-order chi connectivity index (χ0) is 9.38. The maximum atomic E-state index is 4.58. The van der Waals surface area contributed by atoms with E-state index in [-0.39, 0.29) is 0 Å². The zero-order valence-corrected chi connectivity index (χ0v) is 7.90. The summed E-state index contributed by atoms with van der Waals surface area (Å²) in [5, 5.41) is 0. The lowest BCUT2D eigenvalue weighted by molar-refractivity contribution is 0.522. The van der Waals surface area contributed by atoms with Crippen LogP contribution in [0.5, 0.6) is 0 Å². The van der Waals surface area contributed by atoms with E-state index >= 15 is 0 Å². The van der Waals surface area contributed by atoms with Gasteiger partial charge in [-0.25, -0.2) is 9.97 Å². The van der Waals surface area contributed by atoms with E-state index in [9.17, 15) is 0 Å². The third-order valence-electron chi connectivity index (χ3n) is 2.68. The highest BCUT2D eigenvalue weighted by molar-refractivity contribution is 5.51. The molecule has 0 fully saturated rings. The van der Waals surface area contributed by atoms with Crippen molar-refractivity contribution < 1.29 is 0 Å². The van der Waals surface area contributed by atoms with E-state index in [0.717, 1.165) is 24.4 Å². The summed E-state index contributed by atoms with van der Waals surface area (Å²) in [5.41, 5.74) is 2.02. The van der Waals surface area contributed by atoms with E-state index in [4.69, 9.17) is 0 Å². The highest BCUT2D eigenvalue weighted by Crippen LogP contribution is 2.20. The number of rotatable bonds is 1. The Balaban J connectivity index is 2.04. The van der Waals surface area contributed by atoms with E-state index in [1.54, 1.807) is 6.33 Å². The average Bonchev–Trinajstić information content (AvgIpc) is 2.86. The summed E-state index contributed by atoms with van der Waals surface area (Å²) in [7, 11) is 0. The number of hydrogen-bond donors (Lipinski definition) is 1. The van der Waals surface area contributed by atoms with Gasteiger partial charge >= 0.3 is 0 Å². The van der Waals surface area contributed by atoms with Crippen LogP contribution in [-0.4, -0.2) is 19.5 Å². The van der Waals surface area contributed by atoms with E-state index in [0.29, 0.717) is 0 Å². The van der Waals surface area contributed by atoms with Crippen LogP contribution in [0.2, 0.25) is 0 Å². The smallest absolute Gasteiger partial charge is 0.109 e. The van der Waals surface area contributed by atoms with Crippen molar-refractivity contribution in [3.63, 3.8) is 0 Å². The summed E-state index contributed by atoms with van der Waals surface area (Å²) in [6, 6.07) is 0. The van der Waals surface area contributed by atoms with Crippen molar-refractivity contribution in [3.05, 3.63) is 24.5 Å². The fourth-order valence-electron chi connectivity index (χ4n) is 1.94. The van der Waals surface area contributed by atoms with Gasteiger partial charge in [-0.1, -0.05) is 0 Å². The molecule has 0 aromatic carbocycles. The van der Waals surface area contributed by atoms with Gasteiger partial charge in [0.25, 0.3) is 0 Å². The molecule has 1 aliphatic rings. The lowest BCUT2D eigenvalue weighted by Crippen LogP contribution is -2.08. The number of aromatic amines is 1. The number of aromatic nitrogens is 4. The maximum Gasteiger partial charge on any atom is 0.109 e. The molecule has 1 aliphatic heterocycles. The quantitative estimate of drug-likeness (QED) is 0.739. The van der Waals surface area contributed by atoms with Crippen LogP contribution >= 0.6 is 0 Å². The Kier molecular flexibility index (Phi) is 1.65. The number of nitrogens with one attached hydrogen (secondary N) is 1. The summed E-state index contributed by atoms with van der Waals surface area (Å²) in [4.78, 5) is 11.7. The molecular formula is C10H12N4. The second-order valence-electron chi connectivity index (χ2n) is 3.66. The zero-order valence-electron chi connectivity index (χ0n) is 7.90. The van der Waals surface area contributed by atoms with Crippen molar-refractivity contribution in [2.24, 2.45) is 0 Å². The fourth-order valence-corrected chi connectivity index (χ4v) is 1.94. The highest BCUT2D eigenvalue weighted by atomic mass is 15.1. The Morgan fingerprint density at radius 2 is 2.36 bits per heavy atom. The third kappa shape index (κ3) is 1.14. The van der Waals surface area contributed by atoms with Gasteiger partial charge < -0.3 is 9.55 Å². The first-order chi connectivity index (χ1) is 6.93. The fraction of sp³-hybridized carbons (Fsp3) is 0.400. The van der Waals surface area contributed by atoms with E-state index < -0.39 is 0 Å². The topological polar surface area (TPSA) is 46.5 Å². The van der Waals surface area contributed by atoms with Crippen LogP contribution in [0, 0.1) is 0 Å². The summed E-state index contributed by atoms with van der Waals surface area (Å²) >= 11 is 0. The maximum absolute atomic E-state index is 4.58. The number of imidazole rings is 2. The van der Waals surface area contributed by atoms with Crippen molar-refractivity contribution in [1.29, 1.82) is 0 Å². The molecule has 72 valence electrons. The molecule has 0 spiro atoms.